The van der Waals surface area contributed by atoms with E-state index in [2.05, 4.69) is 42.0 Å². The van der Waals surface area contributed by atoms with Crippen molar-refractivity contribution in [3.05, 3.63) is 10.1 Å². The molecule has 2 atom stereocenters. The Labute approximate surface area is 98.5 Å². The number of rotatable bonds is 3. The second-order valence-electron chi connectivity index (χ2n) is 4.94. The zero-order valence-corrected chi connectivity index (χ0v) is 11.0. The first-order valence-corrected chi connectivity index (χ1v) is 5.99. The van der Waals surface area contributed by atoms with Gasteiger partial charge in [-0.15, -0.1) is 0 Å². The summed E-state index contributed by atoms with van der Waals surface area (Å²) < 4.78 is 0. The van der Waals surface area contributed by atoms with Gasteiger partial charge >= 0.3 is 6.29 Å². The molecular weight excluding hydrogens is 262 g/mol. The molecule has 1 aliphatic heterocycles. The van der Waals surface area contributed by atoms with E-state index in [0.717, 1.165) is 6.54 Å². The Hall–Kier alpha value is -0.200. The molecule has 0 aromatic heterocycles. The zero-order valence-electron chi connectivity index (χ0n) is 9.36. The number of alkyl halides is 1. The third-order valence-corrected chi connectivity index (χ3v) is 4.27. The van der Waals surface area contributed by atoms with Crippen LogP contribution in [0.1, 0.15) is 20.8 Å². The second-order valence-corrected chi connectivity index (χ2v) is 6.05. The fourth-order valence-corrected chi connectivity index (χ4v) is 1.84. The standard InChI is InChI=1S/C9H18BrN3O2/c1-9(2,3)7(10)6-12-5-4-11-8(12)13(14)15/h7-8,11H,4-6H2,1-3H3. The van der Waals surface area contributed by atoms with Crippen LogP contribution in [0.4, 0.5) is 0 Å². The van der Waals surface area contributed by atoms with Crippen molar-refractivity contribution >= 4 is 15.9 Å². The first-order valence-electron chi connectivity index (χ1n) is 5.07. The molecule has 1 aliphatic rings. The molecule has 5 nitrogen and oxygen atoms in total. The molecule has 2 unspecified atom stereocenters. The maximum atomic E-state index is 10.7. The van der Waals surface area contributed by atoms with Crippen molar-refractivity contribution in [2.24, 2.45) is 5.41 Å². The minimum absolute atomic E-state index is 0.115. The Balaban J connectivity index is 2.54. The van der Waals surface area contributed by atoms with E-state index in [-0.39, 0.29) is 15.2 Å². The van der Waals surface area contributed by atoms with E-state index >= 15 is 0 Å². The molecule has 1 N–H and O–H groups in total. The summed E-state index contributed by atoms with van der Waals surface area (Å²) in [5, 5.41) is 13.6. The highest BCUT2D eigenvalue weighted by Crippen LogP contribution is 2.27. The quantitative estimate of drug-likeness (QED) is 0.480. The van der Waals surface area contributed by atoms with E-state index in [1.807, 2.05) is 4.90 Å². The van der Waals surface area contributed by atoms with Gasteiger partial charge in [0.1, 0.15) is 0 Å². The van der Waals surface area contributed by atoms with Crippen molar-refractivity contribution < 1.29 is 4.92 Å². The van der Waals surface area contributed by atoms with Gasteiger partial charge in [-0.2, -0.15) is 0 Å². The average Bonchev–Trinajstić information content (AvgIpc) is 2.50. The van der Waals surface area contributed by atoms with Crippen LogP contribution in [0.15, 0.2) is 0 Å². The highest BCUT2D eigenvalue weighted by atomic mass is 79.9. The molecular formula is C9H18BrN3O2. The van der Waals surface area contributed by atoms with E-state index in [0.29, 0.717) is 13.1 Å². The number of halogens is 1. The van der Waals surface area contributed by atoms with Crippen LogP contribution in [-0.2, 0) is 0 Å². The summed E-state index contributed by atoms with van der Waals surface area (Å²) in [5.41, 5.74) is 0.115. The maximum absolute atomic E-state index is 10.7. The summed E-state index contributed by atoms with van der Waals surface area (Å²) in [4.78, 5) is 12.6. The van der Waals surface area contributed by atoms with Crippen LogP contribution in [0.5, 0.6) is 0 Å². The lowest BCUT2D eigenvalue weighted by molar-refractivity contribution is -0.551. The Bertz CT molecular complexity index is 242. The molecule has 0 aromatic carbocycles. The van der Waals surface area contributed by atoms with Gasteiger partial charge < -0.3 is 0 Å². The summed E-state index contributed by atoms with van der Waals surface area (Å²) >= 11 is 3.59. The van der Waals surface area contributed by atoms with Gasteiger partial charge in [0.25, 0.3) is 0 Å². The highest BCUT2D eigenvalue weighted by Gasteiger charge is 2.36. The molecule has 0 radical (unpaired) electrons. The van der Waals surface area contributed by atoms with E-state index < -0.39 is 6.29 Å². The third kappa shape index (κ3) is 3.39. The van der Waals surface area contributed by atoms with Gasteiger partial charge in [0, 0.05) is 24.5 Å². The van der Waals surface area contributed by atoms with Crippen molar-refractivity contribution in [3.8, 4) is 0 Å². The summed E-state index contributed by atoms with van der Waals surface area (Å²) in [5.74, 6) is 0. The second kappa shape index (κ2) is 4.76. The summed E-state index contributed by atoms with van der Waals surface area (Å²) in [6.45, 7) is 8.49. The predicted octanol–water partition coefficient (Wildman–Crippen LogP) is 1.26. The fourth-order valence-electron chi connectivity index (χ4n) is 1.47. The van der Waals surface area contributed by atoms with Crippen molar-refractivity contribution in [2.45, 2.75) is 31.9 Å². The van der Waals surface area contributed by atoms with Crippen molar-refractivity contribution in [2.75, 3.05) is 19.6 Å². The first-order chi connectivity index (χ1) is 6.82. The first kappa shape index (κ1) is 12.9. The lowest BCUT2D eigenvalue weighted by Gasteiger charge is -2.29. The molecule has 1 heterocycles. The SMILES string of the molecule is CC(C)(C)C(Br)CN1CCNC1[N+](=O)[O-]. The minimum Gasteiger partial charge on any atom is -0.262 e. The summed E-state index contributed by atoms with van der Waals surface area (Å²) in [6.07, 6.45) is -0.715. The number of nitrogens with one attached hydrogen (secondary N) is 1. The van der Waals surface area contributed by atoms with Gasteiger partial charge in [0.2, 0.25) is 0 Å². The van der Waals surface area contributed by atoms with Gasteiger partial charge in [-0.05, 0) is 5.41 Å². The Kier molecular flexibility index (Phi) is 4.08. The topological polar surface area (TPSA) is 58.4 Å². The van der Waals surface area contributed by atoms with Gasteiger partial charge in [-0.1, -0.05) is 36.7 Å². The maximum Gasteiger partial charge on any atom is 0.325 e. The molecule has 0 aliphatic carbocycles. The lowest BCUT2D eigenvalue weighted by atomic mass is 9.92. The Morgan fingerprint density at radius 1 is 1.67 bits per heavy atom. The Morgan fingerprint density at radius 2 is 2.27 bits per heavy atom. The smallest absolute Gasteiger partial charge is 0.262 e. The van der Waals surface area contributed by atoms with Gasteiger partial charge in [0.05, 0.1) is 4.92 Å². The zero-order chi connectivity index (χ0) is 11.6. The van der Waals surface area contributed by atoms with Crippen molar-refractivity contribution in [3.63, 3.8) is 0 Å². The van der Waals surface area contributed by atoms with E-state index in [1.54, 1.807) is 0 Å². The average molecular weight is 280 g/mol. The molecule has 6 heteroatoms. The monoisotopic (exact) mass is 279 g/mol. The predicted molar refractivity (Wildman–Crippen MR) is 62.5 cm³/mol. The van der Waals surface area contributed by atoms with Crippen LogP contribution >= 0.6 is 15.9 Å². The van der Waals surface area contributed by atoms with Crippen LogP contribution in [0.25, 0.3) is 0 Å². The number of nitro groups is 1. The lowest BCUT2D eigenvalue weighted by Crippen LogP contribution is -2.46. The molecule has 1 saturated heterocycles. The molecule has 88 valence electrons. The summed E-state index contributed by atoms with van der Waals surface area (Å²) in [6, 6.07) is 0. The van der Waals surface area contributed by atoms with Gasteiger partial charge in [-0.25, -0.2) is 10.2 Å². The molecule has 0 bridgehead atoms. The normalized spacial score (nSPS) is 25.5. The molecule has 0 aromatic rings. The number of hydrogen-bond donors (Lipinski definition) is 1. The largest absolute Gasteiger partial charge is 0.325 e. The summed E-state index contributed by atoms with van der Waals surface area (Å²) in [7, 11) is 0. The third-order valence-electron chi connectivity index (χ3n) is 2.61. The molecule has 0 spiro atoms. The number of hydrogen-bond acceptors (Lipinski definition) is 4. The van der Waals surface area contributed by atoms with E-state index in [9.17, 15) is 10.1 Å². The van der Waals surface area contributed by atoms with E-state index in [1.165, 1.54) is 0 Å². The van der Waals surface area contributed by atoms with Crippen molar-refractivity contribution in [1.29, 1.82) is 0 Å². The highest BCUT2D eigenvalue weighted by molar-refractivity contribution is 9.09. The molecule has 1 rings (SSSR count). The van der Waals surface area contributed by atoms with E-state index in [4.69, 9.17) is 0 Å². The van der Waals surface area contributed by atoms with Crippen LogP contribution < -0.4 is 5.32 Å². The van der Waals surface area contributed by atoms with Crippen molar-refractivity contribution in [1.82, 2.24) is 10.2 Å². The van der Waals surface area contributed by atoms with Crippen LogP contribution in [-0.4, -0.2) is 40.6 Å². The minimum atomic E-state index is -0.715. The molecule has 1 fully saturated rings. The Morgan fingerprint density at radius 3 is 2.73 bits per heavy atom. The molecule has 0 amide bonds. The molecule has 15 heavy (non-hydrogen) atoms. The van der Waals surface area contributed by atoms with Gasteiger partial charge in [-0.3, -0.25) is 10.1 Å². The van der Waals surface area contributed by atoms with Gasteiger partial charge in [0.15, 0.2) is 0 Å². The van der Waals surface area contributed by atoms with Crippen LogP contribution in [0.2, 0.25) is 0 Å². The van der Waals surface area contributed by atoms with Crippen LogP contribution in [0.3, 0.4) is 0 Å². The molecule has 0 saturated carbocycles. The fraction of sp³-hybridized carbons (Fsp3) is 1.00. The van der Waals surface area contributed by atoms with Crippen LogP contribution in [0, 0.1) is 15.5 Å². The number of nitrogens with zero attached hydrogens (tertiary/aromatic N) is 2.